The number of rotatable bonds is 5. The van der Waals surface area contributed by atoms with Crippen LogP contribution >= 0.6 is 0 Å². The van der Waals surface area contributed by atoms with E-state index in [1.807, 2.05) is 12.1 Å². The topological polar surface area (TPSA) is 99.3 Å². The van der Waals surface area contributed by atoms with Crippen molar-refractivity contribution in [1.82, 2.24) is 10.2 Å². The summed E-state index contributed by atoms with van der Waals surface area (Å²) < 4.78 is 0. The van der Waals surface area contributed by atoms with Crippen LogP contribution in [0.1, 0.15) is 50.5 Å². The average molecular weight is 394 g/mol. The highest BCUT2D eigenvalue weighted by molar-refractivity contribution is 5.79. The highest BCUT2D eigenvalue weighted by Gasteiger charge is 2.64. The van der Waals surface area contributed by atoms with Gasteiger partial charge >= 0.3 is 0 Å². The molecule has 29 heavy (non-hydrogen) atoms. The molecule has 5 atom stereocenters. The Balaban J connectivity index is 1.33. The van der Waals surface area contributed by atoms with Gasteiger partial charge in [-0.2, -0.15) is 5.26 Å². The molecule has 5 aliphatic rings. The molecule has 7 heteroatoms. The van der Waals surface area contributed by atoms with Gasteiger partial charge in [-0.1, -0.05) is 12.1 Å². The fourth-order valence-corrected chi connectivity index (χ4v) is 7.01. The molecule has 6 rings (SSSR count). The van der Waals surface area contributed by atoms with Gasteiger partial charge in [0.25, 0.3) is 5.69 Å². The highest BCUT2D eigenvalue weighted by Crippen LogP contribution is 2.66. The van der Waals surface area contributed by atoms with Gasteiger partial charge in [-0.25, -0.2) is 0 Å². The number of non-ortho nitro benzene ring substituents is 1. The zero-order valence-corrected chi connectivity index (χ0v) is 16.5. The van der Waals surface area contributed by atoms with Crippen LogP contribution in [0, 0.1) is 33.3 Å². The lowest BCUT2D eigenvalue weighted by atomic mass is 9.65. The smallest absolute Gasteiger partial charge is 0.269 e. The first-order valence-corrected chi connectivity index (χ1v) is 10.6. The van der Waals surface area contributed by atoms with Crippen LogP contribution in [0.5, 0.6) is 0 Å². The van der Waals surface area contributed by atoms with Crippen LogP contribution in [0.3, 0.4) is 0 Å². The summed E-state index contributed by atoms with van der Waals surface area (Å²) in [5, 5.41) is 23.9. The van der Waals surface area contributed by atoms with Gasteiger partial charge in [0, 0.05) is 24.2 Å². The number of nitro benzene ring substituents is 1. The maximum atomic E-state index is 12.7. The largest absolute Gasteiger partial charge is 0.326 e. The predicted octanol–water partition coefficient (Wildman–Crippen LogP) is 2.90. The summed E-state index contributed by atoms with van der Waals surface area (Å²) in [7, 11) is 0. The minimum atomic E-state index is -0.348. The maximum absolute atomic E-state index is 12.7. The van der Waals surface area contributed by atoms with Gasteiger partial charge in [0.2, 0.25) is 5.91 Å². The molecular formula is C22H26N4O3. The quantitative estimate of drug-likeness (QED) is 0.611. The minimum Gasteiger partial charge on any atom is -0.326 e. The van der Waals surface area contributed by atoms with Crippen molar-refractivity contribution in [2.24, 2.45) is 11.8 Å². The van der Waals surface area contributed by atoms with E-state index < -0.39 is 0 Å². The Kier molecular flexibility index (Phi) is 4.18. The molecule has 1 aromatic rings. The molecule has 7 nitrogen and oxygen atoms in total. The lowest BCUT2D eigenvalue weighted by Gasteiger charge is -2.42. The summed E-state index contributed by atoms with van der Waals surface area (Å²) in [6.45, 7) is 0.988. The van der Waals surface area contributed by atoms with Crippen molar-refractivity contribution in [2.75, 3.05) is 13.1 Å². The molecule has 1 amide bonds. The van der Waals surface area contributed by atoms with Crippen molar-refractivity contribution in [1.29, 1.82) is 5.26 Å². The van der Waals surface area contributed by atoms with Crippen molar-refractivity contribution in [3.05, 3.63) is 39.9 Å². The number of amides is 1. The lowest BCUT2D eigenvalue weighted by molar-refractivity contribution is -0.384. The molecule has 4 bridgehead atoms. The Morgan fingerprint density at radius 3 is 2.83 bits per heavy atom. The van der Waals surface area contributed by atoms with E-state index in [1.54, 1.807) is 17.0 Å². The Bertz CT molecular complexity index is 894. The van der Waals surface area contributed by atoms with Gasteiger partial charge in [0.15, 0.2) is 0 Å². The van der Waals surface area contributed by atoms with Gasteiger partial charge in [-0.05, 0) is 67.8 Å². The number of benzene rings is 1. The second-order valence-electron chi connectivity index (χ2n) is 9.56. The third kappa shape index (κ3) is 2.84. The van der Waals surface area contributed by atoms with E-state index in [9.17, 15) is 20.2 Å². The number of hydrogen-bond acceptors (Lipinski definition) is 5. The van der Waals surface area contributed by atoms with Gasteiger partial charge in [0.1, 0.15) is 6.04 Å². The number of carbonyl (C=O) groups is 1. The third-order valence-electron chi connectivity index (χ3n) is 8.03. The van der Waals surface area contributed by atoms with E-state index >= 15 is 0 Å². The van der Waals surface area contributed by atoms with E-state index in [1.165, 1.54) is 12.0 Å². The van der Waals surface area contributed by atoms with Crippen molar-refractivity contribution < 1.29 is 9.72 Å². The first-order valence-electron chi connectivity index (χ1n) is 10.6. The monoisotopic (exact) mass is 394 g/mol. The fourth-order valence-electron chi connectivity index (χ4n) is 7.01. The molecule has 0 radical (unpaired) electrons. The van der Waals surface area contributed by atoms with Crippen LogP contribution < -0.4 is 5.32 Å². The van der Waals surface area contributed by atoms with Crippen molar-refractivity contribution in [3.8, 4) is 6.07 Å². The van der Waals surface area contributed by atoms with Gasteiger partial charge in [-0.15, -0.1) is 0 Å². The number of hydrogen-bond donors (Lipinski definition) is 1. The van der Waals surface area contributed by atoms with E-state index in [-0.39, 0.29) is 33.5 Å². The molecule has 0 spiro atoms. The molecule has 4 unspecified atom stereocenters. The second-order valence-corrected chi connectivity index (χ2v) is 9.56. The summed E-state index contributed by atoms with van der Waals surface area (Å²) in [5.74, 6) is 1.24. The van der Waals surface area contributed by atoms with Crippen LogP contribution in [0.2, 0.25) is 0 Å². The van der Waals surface area contributed by atoms with E-state index in [0.29, 0.717) is 24.9 Å². The van der Waals surface area contributed by atoms with Crippen LogP contribution in [-0.4, -0.2) is 40.4 Å². The Hall–Kier alpha value is -2.46. The van der Waals surface area contributed by atoms with Crippen LogP contribution in [0.25, 0.3) is 0 Å². The Morgan fingerprint density at radius 2 is 2.10 bits per heavy atom. The number of likely N-dealkylation sites (tertiary alicyclic amines) is 1. The summed E-state index contributed by atoms with van der Waals surface area (Å²) >= 11 is 0. The summed E-state index contributed by atoms with van der Waals surface area (Å²) in [6.07, 6.45) is 7.23. The molecule has 4 aliphatic carbocycles. The zero-order chi connectivity index (χ0) is 20.2. The van der Waals surface area contributed by atoms with Crippen LogP contribution in [-0.2, 0) is 10.2 Å². The van der Waals surface area contributed by atoms with E-state index in [2.05, 4.69) is 11.4 Å². The molecule has 0 aromatic heterocycles. The van der Waals surface area contributed by atoms with E-state index in [0.717, 1.165) is 38.5 Å². The minimum absolute atomic E-state index is 0.0117. The van der Waals surface area contributed by atoms with Crippen molar-refractivity contribution >= 4 is 11.6 Å². The number of carbonyl (C=O) groups excluding carboxylic acids is 1. The van der Waals surface area contributed by atoms with E-state index in [4.69, 9.17) is 0 Å². The average Bonchev–Trinajstić information content (AvgIpc) is 3.35. The highest BCUT2D eigenvalue weighted by atomic mass is 16.6. The molecule has 1 saturated heterocycles. The molecule has 5 fully saturated rings. The molecule has 1 aliphatic heterocycles. The van der Waals surface area contributed by atoms with Gasteiger partial charge in [0.05, 0.1) is 17.5 Å². The first kappa shape index (κ1) is 18.6. The molecule has 152 valence electrons. The summed E-state index contributed by atoms with van der Waals surface area (Å²) in [6, 6.07) is 9.09. The SMILES string of the molecule is N#CC1CCCN1C(=O)CNC12CC3CC1C[C@@](c1ccc([N+](=O)[O-])cc1)(C3)C2. The molecule has 4 saturated carbocycles. The molecule has 1 N–H and O–H groups in total. The summed E-state index contributed by atoms with van der Waals surface area (Å²) in [4.78, 5) is 25.1. The second kappa shape index (κ2) is 6.53. The van der Waals surface area contributed by atoms with Gasteiger partial charge < -0.3 is 10.2 Å². The number of nitrogens with zero attached hydrogens (tertiary/aromatic N) is 3. The number of nitro groups is 1. The molecule has 1 aromatic carbocycles. The van der Waals surface area contributed by atoms with Crippen molar-refractivity contribution in [3.63, 3.8) is 0 Å². The molecule has 1 heterocycles. The molecular weight excluding hydrogens is 368 g/mol. The Labute approximate surface area is 170 Å². The van der Waals surface area contributed by atoms with Crippen LogP contribution in [0.4, 0.5) is 5.69 Å². The third-order valence-corrected chi connectivity index (χ3v) is 8.03. The predicted molar refractivity (Wildman–Crippen MR) is 106 cm³/mol. The maximum Gasteiger partial charge on any atom is 0.269 e. The standard InChI is InChI=1S/C22H26N4O3/c23-12-19-2-1-7-25(19)20(27)13-24-22-10-15-8-17(22)11-21(9-15,14-22)16-3-5-18(6-4-16)26(28)29/h3-6,15,17,19,24H,1-2,7-11,13-14H2/t15?,17?,19?,21-,22?/m0/s1. The number of nitriles is 1. The zero-order valence-electron chi connectivity index (χ0n) is 16.5. The normalized spacial score (nSPS) is 37.1. The Morgan fingerprint density at radius 1 is 1.31 bits per heavy atom. The summed E-state index contributed by atoms with van der Waals surface area (Å²) in [5.41, 5.74) is 1.40. The van der Waals surface area contributed by atoms with Crippen LogP contribution in [0.15, 0.2) is 24.3 Å². The first-order chi connectivity index (χ1) is 13.9. The lowest BCUT2D eigenvalue weighted by Crippen LogP contribution is -2.52. The van der Waals surface area contributed by atoms with Crippen molar-refractivity contribution in [2.45, 2.75) is 61.9 Å². The van der Waals surface area contributed by atoms with Gasteiger partial charge in [-0.3, -0.25) is 14.9 Å². The fraction of sp³-hybridized carbons (Fsp3) is 0.636. The number of nitrogens with one attached hydrogen (secondary N) is 1.